The highest BCUT2D eigenvalue weighted by Crippen LogP contribution is 2.47. The zero-order valence-electron chi connectivity index (χ0n) is 15.5. The lowest BCUT2D eigenvalue weighted by Gasteiger charge is -2.28. The van der Waals surface area contributed by atoms with Crippen molar-refractivity contribution < 1.29 is 9.53 Å². The Morgan fingerprint density at radius 1 is 1.28 bits per heavy atom. The maximum absolute atomic E-state index is 11.8. The van der Waals surface area contributed by atoms with E-state index in [9.17, 15) is 4.79 Å². The Balaban J connectivity index is 1.72. The maximum Gasteiger partial charge on any atom is 0.252 e. The van der Waals surface area contributed by atoms with Gasteiger partial charge in [0.05, 0.1) is 17.4 Å². The minimum Gasteiger partial charge on any atom is -0.381 e. The summed E-state index contributed by atoms with van der Waals surface area (Å²) in [5, 5.41) is 3.43. The van der Waals surface area contributed by atoms with E-state index in [1.54, 1.807) is 13.3 Å². The van der Waals surface area contributed by atoms with Gasteiger partial charge in [-0.1, -0.05) is 13.8 Å². The van der Waals surface area contributed by atoms with Crippen LogP contribution < -0.4 is 11.1 Å². The predicted molar refractivity (Wildman–Crippen MR) is 97.4 cm³/mol. The normalized spacial score (nSPS) is 24.1. The van der Waals surface area contributed by atoms with Crippen LogP contribution in [-0.4, -0.2) is 35.1 Å². The van der Waals surface area contributed by atoms with Gasteiger partial charge in [0.15, 0.2) is 0 Å². The summed E-state index contributed by atoms with van der Waals surface area (Å²) in [6.45, 7) is 4.49. The van der Waals surface area contributed by atoms with Crippen LogP contribution in [0.25, 0.3) is 0 Å². The van der Waals surface area contributed by atoms with Crippen molar-refractivity contribution in [3.63, 3.8) is 0 Å². The standard InChI is InChI=1S/C19H30N4O2/c1-19(2,12-4-5-12)10-16-15(17(20)24)11-21-18(23-16)22-13-6-8-14(25-3)9-7-13/h11-14H,4-10H2,1-3H3,(H2,20,24)(H,21,22,23). The van der Waals surface area contributed by atoms with E-state index in [1.807, 2.05) is 0 Å². The smallest absolute Gasteiger partial charge is 0.252 e. The highest BCUT2D eigenvalue weighted by atomic mass is 16.5. The van der Waals surface area contributed by atoms with Gasteiger partial charge in [-0.2, -0.15) is 0 Å². The van der Waals surface area contributed by atoms with Crippen molar-refractivity contribution in [1.82, 2.24) is 9.97 Å². The summed E-state index contributed by atoms with van der Waals surface area (Å²) in [7, 11) is 1.78. The monoisotopic (exact) mass is 346 g/mol. The van der Waals surface area contributed by atoms with Gasteiger partial charge in [0.1, 0.15) is 0 Å². The van der Waals surface area contributed by atoms with E-state index in [4.69, 9.17) is 10.5 Å². The lowest BCUT2D eigenvalue weighted by Crippen LogP contribution is -2.30. The number of aromatic nitrogens is 2. The molecule has 6 nitrogen and oxygen atoms in total. The predicted octanol–water partition coefficient (Wildman–Crippen LogP) is 2.92. The fourth-order valence-corrected chi connectivity index (χ4v) is 3.89. The number of methoxy groups -OCH3 is 1. The molecule has 6 heteroatoms. The molecule has 0 spiro atoms. The van der Waals surface area contributed by atoms with E-state index < -0.39 is 5.91 Å². The summed E-state index contributed by atoms with van der Waals surface area (Å²) in [6, 6.07) is 0.357. The second-order valence-electron chi connectivity index (χ2n) is 8.21. The number of hydrogen-bond donors (Lipinski definition) is 2. The first kappa shape index (κ1) is 18.1. The SMILES string of the molecule is COC1CCC(Nc2ncc(C(N)=O)c(CC(C)(C)C3CC3)n2)CC1. The van der Waals surface area contributed by atoms with Crippen LogP contribution in [0.3, 0.4) is 0 Å². The maximum atomic E-state index is 11.8. The molecule has 2 saturated carbocycles. The minimum absolute atomic E-state index is 0.131. The Hall–Kier alpha value is -1.69. The Bertz CT molecular complexity index is 620. The topological polar surface area (TPSA) is 90.1 Å². The molecule has 0 aliphatic heterocycles. The van der Waals surface area contributed by atoms with Gasteiger partial charge in [-0.3, -0.25) is 4.79 Å². The third-order valence-corrected chi connectivity index (χ3v) is 5.78. The van der Waals surface area contributed by atoms with Crippen LogP contribution in [0.5, 0.6) is 0 Å². The van der Waals surface area contributed by atoms with E-state index in [2.05, 4.69) is 29.1 Å². The molecule has 25 heavy (non-hydrogen) atoms. The zero-order chi connectivity index (χ0) is 18.0. The van der Waals surface area contributed by atoms with Gasteiger partial charge in [0, 0.05) is 19.3 Å². The van der Waals surface area contributed by atoms with E-state index >= 15 is 0 Å². The van der Waals surface area contributed by atoms with Crippen molar-refractivity contribution in [1.29, 1.82) is 0 Å². The van der Waals surface area contributed by atoms with E-state index in [1.165, 1.54) is 12.8 Å². The number of nitrogens with one attached hydrogen (secondary N) is 1. The summed E-state index contributed by atoms with van der Waals surface area (Å²) >= 11 is 0. The van der Waals surface area contributed by atoms with Crippen LogP contribution in [0.4, 0.5) is 5.95 Å². The average Bonchev–Trinajstić information content (AvgIpc) is 3.40. The lowest BCUT2D eigenvalue weighted by molar-refractivity contribution is 0.0681. The number of carbonyl (C=O) groups excluding carboxylic acids is 1. The number of amides is 1. The molecule has 1 heterocycles. The molecule has 0 saturated heterocycles. The summed E-state index contributed by atoms with van der Waals surface area (Å²) < 4.78 is 5.42. The molecule has 1 amide bonds. The Morgan fingerprint density at radius 3 is 2.52 bits per heavy atom. The molecule has 1 aromatic rings. The number of anilines is 1. The van der Waals surface area contributed by atoms with Crippen LogP contribution in [-0.2, 0) is 11.2 Å². The number of primary amides is 1. The highest BCUT2D eigenvalue weighted by molar-refractivity contribution is 5.93. The lowest BCUT2D eigenvalue weighted by atomic mass is 9.82. The van der Waals surface area contributed by atoms with E-state index in [0.29, 0.717) is 29.6 Å². The molecule has 2 aliphatic carbocycles. The molecule has 2 fully saturated rings. The third kappa shape index (κ3) is 4.48. The molecule has 138 valence electrons. The number of hydrogen-bond acceptors (Lipinski definition) is 5. The zero-order valence-corrected chi connectivity index (χ0v) is 15.5. The van der Waals surface area contributed by atoms with Gasteiger partial charge in [-0.05, 0) is 56.3 Å². The highest BCUT2D eigenvalue weighted by Gasteiger charge is 2.38. The van der Waals surface area contributed by atoms with Crippen molar-refractivity contribution in [2.45, 2.75) is 70.9 Å². The van der Waals surface area contributed by atoms with Crippen molar-refractivity contribution >= 4 is 11.9 Å². The molecule has 0 aromatic carbocycles. The molecular weight excluding hydrogens is 316 g/mol. The van der Waals surface area contributed by atoms with Gasteiger partial charge in [-0.25, -0.2) is 9.97 Å². The summed E-state index contributed by atoms with van der Waals surface area (Å²) in [6.07, 6.45) is 9.41. The minimum atomic E-state index is -0.450. The number of nitrogens with two attached hydrogens (primary N) is 1. The van der Waals surface area contributed by atoms with Crippen LogP contribution in [0.15, 0.2) is 6.20 Å². The molecule has 0 bridgehead atoms. The van der Waals surface area contributed by atoms with Crippen molar-refractivity contribution in [2.24, 2.45) is 17.1 Å². The Kier molecular flexibility index (Phi) is 5.27. The van der Waals surface area contributed by atoms with Crippen LogP contribution in [0.2, 0.25) is 0 Å². The van der Waals surface area contributed by atoms with Gasteiger partial charge < -0.3 is 15.8 Å². The van der Waals surface area contributed by atoms with Crippen LogP contribution in [0, 0.1) is 11.3 Å². The largest absolute Gasteiger partial charge is 0.381 e. The molecule has 3 rings (SSSR count). The Labute approximate surface area is 149 Å². The van der Waals surface area contributed by atoms with E-state index in [0.717, 1.165) is 37.8 Å². The van der Waals surface area contributed by atoms with Crippen LogP contribution in [0.1, 0.15) is 68.4 Å². The summed E-state index contributed by atoms with van der Waals surface area (Å²) in [5.74, 6) is 0.866. The summed E-state index contributed by atoms with van der Waals surface area (Å²) in [4.78, 5) is 20.8. The van der Waals surface area contributed by atoms with Gasteiger partial charge in [0.25, 0.3) is 5.91 Å². The second-order valence-corrected chi connectivity index (χ2v) is 8.21. The van der Waals surface area contributed by atoms with Crippen molar-refractivity contribution in [3.8, 4) is 0 Å². The third-order valence-electron chi connectivity index (χ3n) is 5.78. The average molecular weight is 346 g/mol. The van der Waals surface area contributed by atoms with Gasteiger partial charge >= 0.3 is 0 Å². The fraction of sp³-hybridized carbons (Fsp3) is 0.737. The number of nitrogens with zero attached hydrogens (tertiary/aromatic N) is 2. The van der Waals surface area contributed by atoms with Gasteiger partial charge in [0.2, 0.25) is 5.95 Å². The first-order valence-electron chi connectivity index (χ1n) is 9.34. The molecule has 0 radical (unpaired) electrons. The van der Waals surface area contributed by atoms with Crippen LogP contribution >= 0.6 is 0 Å². The number of carbonyl (C=O) groups is 1. The first-order chi connectivity index (χ1) is 11.9. The molecule has 0 atom stereocenters. The number of ether oxygens (including phenoxy) is 1. The molecular formula is C19H30N4O2. The molecule has 0 unspecified atom stereocenters. The quantitative estimate of drug-likeness (QED) is 0.792. The Morgan fingerprint density at radius 2 is 1.96 bits per heavy atom. The first-order valence-corrected chi connectivity index (χ1v) is 9.34. The molecule has 3 N–H and O–H groups in total. The van der Waals surface area contributed by atoms with Gasteiger partial charge in [-0.15, -0.1) is 0 Å². The van der Waals surface area contributed by atoms with Crippen molar-refractivity contribution in [2.75, 3.05) is 12.4 Å². The molecule has 1 aromatic heterocycles. The second kappa shape index (κ2) is 7.28. The molecule has 2 aliphatic rings. The van der Waals surface area contributed by atoms with E-state index in [-0.39, 0.29) is 5.41 Å². The summed E-state index contributed by atoms with van der Waals surface area (Å²) in [5.41, 5.74) is 6.89. The number of rotatable bonds is 7. The fourth-order valence-electron chi connectivity index (χ4n) is 3.89. The van der Waals surface area contributed by atoms with Crippen molar-refractivity contribution in [3.05, 3.63) is 17.5 Å².